The van der Waals surface area contributed by atoms with E-state index in [1.165, 1.54) is 24.2 Å². The van der Waals surface area contributed by atoms with E-state index in [9.17, 15) is 8.42 Å². The molecule has 0 aliphatic carbocycles. The zero-order chi connectivity index (χ0) is 13.6. The standard InChI is InChI=1S/C12H21N3O2S2/c16-19(17,8-5-11-3-1-2-6-13-11)15-7-4-12-9-18-10-14-12/h9-11,13,15H,1-8H2. The van der Waals surface area contributed by atoms with Crippen LogP contribution in [0.5, 0.6) is 0 Å². The van der Waals surface area contributed by atoms with Crippen LogP contribution in [-0.4, -0.2) is 38.3 Å². The Hall–Kier alpha value is -0.500. The largest absolute Gasteiger partial charge is 0.314 e. The third-order valence-corrected chi connectivity index (χ3v) is 5.39. The van der Waals surface area contributed by atoms with E-state index in [4.69, 9.17) is 0 Å². The average molecular weight is 303 g/mol. The molecule has 0 amide bonds. The fourth-order valence-corrected chi connectivity index (χ4v) is 3.98. The summed E-state index contributed by atoms with van der Waals surface area (Å²) in [7, 11) is -3.15. The fourth-order valence-electron chi connectivity index (χ4n) is 2.24. The van der Waals surface area contributed by atoms with Crippen LogP contribution in [0.3, 0.4) is 0 Å². The lowest BCUT2D eigenvalue weighted by Crippen LogP contribution is -2.37. The van der Waals surface area contributed by atoms with Gasteiger partial charge in [0.15, 0.2) is 0 Å². The molecule has 1 aromatic rings. The number of nitrogens with zero attached hydrogens (tertiary/aromatic N) is 1. The van der Waals surface area contributed by atoms with Gasteiger partial charge in [0.1, 0.15) is 0 Å². The van der Waals surface area contributed by atoms with Crippen LogP contribution < -0.4 is 10.0 Å². The Morgan fingerprint density at radius 3 is 3.05 bits per heavy atom. The van der Waals surface area contributed by atoms with Gasteiger partial charge in [0, 0.05) is 24.4 Å². The van der Waals surface area contributed by atoms with Gasteiger partial charge in [0.2, 0.25) is 10.0 Å². The molecule has 2 N–H and O–H groups in total. The second-order valence-corrected chi connectivity index (χ2v) is 7.52. The molecule has 108 valence electrons. The Balaban J connectivity index is 1.66. The molecular formula is C12H21N3O2S2. The highest BCUT2D eigenvalue weighted by Gasteiger charge is 2.17. The summed E-state index contributed by atoms with van der Waals surface area (Å²) in [5.41, 5.74) is 2.71. The highest BCUT2D eigenvalue weighted by molar-refractivity contribution is 7.89. The summed E-state index contributed by atoms with van der Waals surface area (Å²) in [6.45, 7) is 1.45. The number of hydrogen-bond acceptors (Lipinski definition) is 5. The van der Waals surface area contributed by atoms with Gasteiger partial charge in [-0.05, 0) is 25.8 Å². The van der Waals surface area contributed by atoms with E-state index in [2.05, 4.69) is 15.0 Å². The Morgan fingerprint density at radius 2 is 2.37 bits per heavy atom. The quantitative estimate of drug-likeness (QED) is 0.792. The third-order valence-electron chi connectivity index (χ3n) is 3.33. The SMILES string of the molecule is O=S(=O)(CCC1CCCCN1)NCCc1cscn1. The summed E-state index contributed by atoms with van der Waals surface area (Å²) in [5, 5.41) is 5.31. The first-order valence-electron chi connectivity index (χ1n) is 6.73. The van der Waals surface area contributed by atoms with Crippen molar-refractivity contribution >= 4 is 21.4 Å². The summed E-state index contributed by atoms with van der Waals surface area (Å²) in [4.78, 5) is 4.13. The Kier molecular flexibility index (Phi) is 5.75. The molecule has 1 atom stereocenters. The molecule has 5 nitrogen and oxygen atoms in total. The van der Waals surface area contributed by atoms with E-state index < -0.39 is 10.0 Å². The van der Waals surface area contributed by atoms with Crippen molar-refractivity contribution in [3.05, 3.63) is 16.6 Å². The van der Waals surface area contributed by atoms with E-state index >= 15 is 0 Å². The molecule has 19 heavy (non-hydrogen) atoms. The molecule has 0 radical (unpaired) electrons. The van der Waals surface area contributed by atoms with Gasteiger partial charge in [-0.1, -0.05) is 6.42 Å². The van der Waals surface area contributed by atoms with Crippen molar-refractivity contribution in [2.75, 3.05) is 18.8 Å². The van der Waals surface area contributed by atoms with Crippen LogP contribution in [-0.2, 0) is 16.4 Å². The summed E-state index contributed by atoms with van der Waals surface area (Å²) in [6, 6.07) is 0.365. The lowest BCUT2D eigenvalue weighted by Gasteiger charge is -2.23. The maximum Gasteiger partial charge on any atom is 0.211 e. The van der Waals surface area contributed by atoms with Crippen molar-refractivity contribution in [2.45, 2.75) is 38.1 Å². The highest BCUT2D eigenvalue weighted by atomic mass is 32.2. The maximum atomic E-state index is 11.8. The molecule has 2 heterocycles. The number of rotatable bonds is 7. The van der Waals surface area contributed by atoms with Crippen molar-refractivity contribution < 1.29 is 8.42 Å². The molecule has 0 spiro atoms. The zero-order valence-corrected chi connectivity index (χ0v) is 12.6. The van der Waals surface area contributed by atoms with Gasteiger partial charge in [-0.3, -0.25) is 0 Å². The first-order chi connectivity index (χ1) is 9.16. The first-order valence-corrected chi connectivity index (χ1v) is 9.33. The molecule has 1 aromatic heterocycles. The summed E-state index contributed by atoms with van der Waals surface area (Å²) >= 11 is 1.53. The van der Waals surface area contributed by atoms with Crippen LogP contribution in [0, 0.1) is 0 Å². The zero-order valence-electron chi connectivity index (χ0n) is 11.0. The lowest BCUT2D eigenvalue weighted by atomic mass is 10.0. The van der Waals surface area contributed by atoms with Crippen LogP contribution >= 0.6 is 11.3 Å². The molecule has 1 aliphatic heterocycles. The van der Waals surface area contributed by atoms with Crippen molar-refractivity contribution in [3.63, 3.8) is 0 Å². The predicted octanol–water partition coefficient (Wildman–Crippen LogP) is 1.14. The predicted molar refractivity (Wildman–Crippen MR) is 77.9 cm³/mol. The van der Waals surface area contributed by atoms with Gasteiger partial charge < -0.3 is 5.32 Å². The summed E-state index contributed by atoms with van der Waals surface area (Å²) in [6.07, 6.45) is 4.86. The summed E-state index contributed by atoms with van der Waals surface area (Å²) < 4.78 is 26.3. The molecule has 2 rings (SSSR count). The summed E-state index contributed by atoms with van der Waals surface area (Å²) in [5.74, 6) is 0.210. The average Bonchev–Trinajstić information content (AvgIpc) is 2.91. The third kappa shape index (κ3) is 5.56. The Labute approximate surface area is 118 Å². The van der Waals surface area contributed by atoms with Crippen molar-refractivity contribution in [1.82, 2.24) is 15.0 Å². The number of piperidine rings is 1. The second kappa shape index (κ2) is 7.33. The molecular weight excluding hydrogens is 282 g/mol. The van der Waals surface area contributed by atoms with Gasteiger partial charge in [-0.2, -0.15) is 0 Å². The van der Waals surface area contributed by atoms with Crippen LogP contribution in [0.1, 0.15) is 31.4 Å². The minimum Gasteiger partial charge on any atom is -0.314 e. The number of sulfonamides is 1. The maximum absolute atomic E-state index is 11.8. The topological polar surface area (TPSA) is 71.1 Å². The number of thiazole rings is 1. The van der Waals surface area contributed by atoms with Crippen LogP contribution in [0.15, 0.2) is 10.9 Å². The smallest absolute Gasteiger partial charge is 0.211 e. The number of hydrogen-bond donors (Lipinski definition) is 2. The van der Waals surface area contributed by atoms with Crippen LogP contribution in [0.4, 0.5) is 0 Å². The van der Waals surface area contributed by atoms with Crippen molar-refractivity contribution in [1.29, 1.82) is 0 Å². The number of aromatic nitrogens is 1. The molecule has 0 bridgehead atoms. The molecule has 1 saturated heterocycles. The van der Waals surface area contributed by atoms with Crippen LogP contribution in [0.25, 0.3) is 0 Å². The Morgan fingerprint density at radius 1 is 1.47 bits per heavy atom. The molecule has 1 unspecified atom stereocenters. The number of nitrogens with one attached hydrogen (secondary N) is 2. The fraction of sp³-hybridized carbons (Fsp3) is 0.750. The molecule has 7 heteroatoms. The highest BCUT2D eigenvalue weighted by Crippen LogP contribution is 2.10. The lowest BCUT2D eigenvalue weighted by molar-refractivity contribution is 0.392. The minimum atomic E-state index is -3.15. The van der Waals surface area contributed by atoms with Gasteiger partial charge in [-0.25, -0.2) is 18.1 Å². The van der Waals surface area contributed by atoms with E-state index in [-0.39, 0.29) is 5.75 Å². The first kappa shape index (κ1) is 14.9. The normalized spacial score (nSPS) is 20.5. The van der Waals surface area contributed by atoms with Gasteiger partial charge in [-0.15, -0.1) is 11.3 Å². The van der Waals surface area contributed by atoms with Gasteiger partial charge in [0.25, 0.3) is 0 Å². The minimum absolute atomic E-state index is 0.210. The van der Waals surface area contributed by atoms with E-state index in [0.29, 0.717) is 25.4 Å². The van der Waals surface area contributed by atoms with E-state index in [1.807, 2.05) is 5.38 Å². The molecule has 1 aliphatic rings. The van der Waals surface area contributed by atoms with Gasteiger partial charge in [0.05, 0.1) is 17.0 Å². The second-order valence-electron chi connectivity index (χ2n) is 4.88. The Bertz CT molecular complexity index is 453. The van der Waals surface area contributed by atoms with Crippen LogP contribution in [0.2, 0.25) is 0 Å². The van der Waals surface area contributed by atoms with E-state index in [0.717, 1.165) is 18.7 Å². The molecule has 0 saturated carbocycles. The van der Waals surface area contributed by atoms with Crippen molar-refractivity contribution in [2.24, 2.45) is 0 Å². The van der Waals surface area contributed by atoms with Gasteiger partial charge >= 0.3 is 0 Å². The monoisotopic (exact) mass is 303 g/mol. The molecule has 1 fully saturated rings. The molecule has 0 aromatic carbocycles. The van der Waals surface area contributed by atoms with E-state index in [1.54, 1.807) is 5.51 Å². The van der Waals surface area contributed by atoms with Crippen molar-refractivity contribution in [3.8, 4) is 0 Å².